The highest BCUT2D eigenvalue weighted by atomic mass is 32.2. The molecule has 9 nitrogen and oxygen atoms in total. The predicted molar refractivity (Wildman–Crippen MR) is 60.3 cm³/mol. The van der Waals surface area contributed by atoms with E-state index >= 15 is 0 Å². The van der Waals surface area contributed by atoms with Crippen molar-refractivity contribution in [2.45, 2.75) is 10.1 Å². The smallest absolute Gasteiger partial charge is 0.284 e. The van der Waals surface area contributed by atoms with E-state index in [0.717, 1.165) is 17.8 Å². The number of benzene rings is 1. The number of aromatic nitrogens is 4. The van der Waals surface area contributed by atoms with Crippen molar-refractivity contribution in [3.05, 3.63) is 33.9 Å². The van der Waals surface area contributed by atoms with Crippen LogP contribution in [0, 0.1) is 10.1 Å². The van der Waals surface area contributed by atoms with E-state index in [1.165, 1.54) is 16.8 Å². The van der Waals surface area contributed by atoms with Crippen molar-refractivity contribution in [3.8, 4) is 0 Å². The Morgan fingerprint density at radius 1 is 1.47 bits per heavy atom. The van der Waals surface area contributed by atoms with Crippen LogP contribution in [0.5, 0.6) is 0 Å². The summed E-state index contributed by atoms with van der Waals surface area (Å²) in [5, 5.41) is 32.6. The Labute approximate surface area is 110 Å². The monoisotopic (exact) mass is 280 g/mol. The molecule has 10 heteroatoms. The molecular weight excluding hydrogens is 274 g/mol. The summed E-state index contributed by atoms with van der Waals surface area (Å²) in [5.41, 5.74) is -0.596. The molecule has 0 aliphatic rings. The lowest BCUT2D eigenvalue weighted by Crippen LogP contribution is -2.22. The first-order valence-corrected chi connectivity index (χ1v) is 5.70. The molecule has 0 saturated carbocycles. The molecule has 1 heterocycles. The van der Waals surface area contributed by atoms with E-state index < -0.39 is 10.9 Å². The molecule has 19 heavy (non-hydrogen) atoms. The predicted octanol–water partition coefficient (Wildman–Crippen LogP) is -0.367. The van der Waals surface area contributed by atoms with Crippen LogP contribution in [0.15, 0.2) is 28.3 Å². The standard InChI is InChI=1S/C9H7N5O4S/c1-13-9(10-11-12-13)19-7-3-2-5(8(15)16)4-6(7)14(17)18/h2-4H,1H3,(H,15,16)/p-1. The quantitative estimate of drug-likeness (QED) is 0.548. The van der Waals surface area contributed by atoms with Crippen LogP contribution < -0.4 is 5.11 Å². The maximum absolute atomic E-state index is 10.9. The maximum Gasteiger partial charge on any atom is 0.284 e. The van der Waals surface area contributed by atoms with Crippen LogP contribution in [0.25, 0.3) is 0 Å². The number of nitro groups is 1. The molecule has 0 fully saturated rings. The third-order valence-electron chi connectivity index (χ3n) is 2.17. The van der Waals surface area contributed by atoms with Crippen molar-refractivity contribution in [2.24, 2.45) is 7.05 Å². The van der Waals surface area contributed by atoms with Crippen molar-refractivity contribution in [1.29, 1.82) is 0 Å². The van der Waals surface area contributed by atoms with Crippen LogP contribution >= 0.6 is 11.8 Å². The summed E-state index contributed by atoms with van der Waals surface area (Å²) in [6.45, 7) is 0. The fraction of sp³-hybridized carbons (Fsp3) is 0.111. The van der Waals surface area contributed by atoms with Gasteiger partial charge in [-0.25, -0.2) is 4.68 Å². The molecule has 2 rings (SSSR count). The van der Waals surface area contributed by atoms with E-state index in [0.29, 0.717) is 5.16 Å². The lowest BCUT2D eigenvalue weighted by Gasteiger charge is -2.05. The normalized spacial score (nSPS) is 10.4. The van der Waals surface area contributed by atoms with Crippen molar-refractivity contribution >= 4 is 23.4 Å². The van der Waals surface area contributed by atoms with Crippen LogP contribution in [-0.4, -0.2) is 31.1 Å². The van der Waals surface area contributed by atoms with Crippen molar-refractivity contribution in [1.82, 2.24) is 20.2 Å². The molecular formula is C9H6N5O4S-. The van der Waals surface area contributed by atoms with Gasteiger partial charge in [-0.3, -0.25) is 10.1 Å². The number of aryl methyl sites for hydroxylation is 1. The van der Waals surface area contributed by atoms with Crippen molar-refractivity contribution in [2.75, 3.05) is 0 Å². The summed E-state index contributed by atoms with van der Waals surface area (Å²) in [4.78, 5) is 21.2. The molecule has 0 bridgehead atoms. The highest BCUT2D eigenvalue weighted by Gasteiger charge is 2.18. The largest absolute Gasteiger partial charge is 0.545 e. The topological polar surface area (TPSA) is 127 Å². The van der Waals surface area contributed by atoms with Crippen LogP contribution in [0.1, 0.15) is 10.4 Å². The van der Waals surface area contributed by atoms with Crippen LogP contribution in [0.4, 0.5) is 5.69 Å². The Bertz CT molecular complexity index is 656. The zero-order valence-corrected chi connectivity index (χ0v) is 10.3. The van der Waals surface area contributed by atoms with Gasteiger partial charge in [0.25, 0.3) is 5.69 Å². The number of carbonyl (C=O) groups is 1. The molecule has 0 radical (unpaired) electrons. The molecule has 0 aliphatic carbocycles. The summed E-state index contributed by atoms with van der Waals surface area (Å²) in [7, 11) is 1.59. The third-order valence-corrected chi connectivity index (χ3v) is 3.27. The van der Waals surface area contributed by atoms with E-state index in [-0.39, 0.29) is 16.1 Å². The van der Waals surface area contributed by atoms with E-state index in [1.807, 2.05) is 0 Å². The highest BCUT2D eigenvalue weighted by molar-refractivity contribution is 7.99. The van der Waals surface area contributed by atoms with E-state index in [4.69, 9.17) is 0 Å². The molecule has 0 aliphatic heterocycles. The van der Waals surface area contributed by atoms with Gasteiger partial charge < -0.3 is 9.90 Å². The van der Waals surface area contributed by atoms with Gasteiger partial charge in [-0.15, -0.1) is 5.10 Å². The SMILES string of the molecule is Cn1nnnc1Sc1ccc(C(=O)[O-])cc1[N+](=O)[O-]. The number of rotatable bonds is 4. The molecule has 98 valence electrons. The molecule has 0 atom stereocenters. The fourth-order valence-electron chi connectivity index (χ4n) is 1.28. The Kier molecular flexibility index (Phi) is 3.42. The Morgan fingerprint density at radius 3 is 2.74 bits per heavy atom. The molecule has 0 unspecified atom stereocenters. The van der Waals surface area contributed by atoms with E-state index in [9.17, 15) is 20.0 Å². The van der Waals surface area contributed by atoms with Crippen LogP contribution in [0.3, 0.4) is 0 Å². The molecule has 0 spiro atoms. The lowest BCUT2D eigenvalue weighted by molar-refractivity contribution is -0.387. The first-order chi connectivity index (χ1) is 8.99. The number of hydrogen-bond donors (Lipinski definition) is 0. The Morgan fingerprint density at radius 2 is 2.21 bits per heavy atom. The third kappa shape index (κ3) is 2.68. The minimum absolute atomic E-state index is 0.243. The van der Waals surface area contributed by atoms with Gasteiger partial charge in [0.05, 0.1) is 15.8 Å². The zero-order chi connectivity index (χ0) is 14.0. The van der Waals surface area contributed by atoms with E-state index in [2.05, 4.69) is 15.5 Å². The van der Waals surface area contributed by atoms with Gasteiger partial charge >= 0.3 is 0 Å². The summed E-state index contributed by atoms with van der Waals surface area (Å²) in [5.74, 6) is -1.47. The number of tetrazole rings is 1. The molecule has 0 N–H and O–H groups in total. The summed E-state index contributed by atoms with van der Waals surface area (Å²) >= 11 is 0.968. The maximum atomic E-state index is 10.9. The first-order valence-electron chi connectivity index (χ1n) is 4.89. The molecule has 0 amide bonds. The second kappa shape index (κ2) is 5.02. The summed E-state index contributed by atoms with van der Waals surface area (Å²) in [6.07, 6.45) is 0. The number of hydrogen-bond acceptors (Lipinski definition) is 8. The Balaban J connectivity index is 2.43. The van der Waals surface area contributed by atoms with Gasteiger partial charge in [0.15, 0.2) is 0 Å². The van der Waals surface area contributed by atoms with Gasteiger partial charge in [-0.05, 0) is 28.3 Å². The van der Waals surface area contributed by atoms with Crippen molar-refractivity contribution in [3.63, 3.8) is 0 Å². The van der Waals surface area contributed by atoms with Crippen LogP contribution in [0.2, 0.25) is 0 Å². The van der Waals surface area contributed by atoms with Crippen LogP contribution in [-0.2, 0) is 7.05 Å². The molecule has 1 aromatic carbocycles. The molecule has 1 aromatic heterocycles. The number of nitro benzene ring substituents is 1. The second-order valence-corrected chi connectivity index (χ2v) is 4.42. The highest BCUT2D eigenvalue weighted by Crippen LogP contribution is 2.33. The lowest BCUT2D eigenvalue weighted by atomic mass is 10.2. The van der Waals surface area contributed by atoms with Gasteiger partial charge in [0.1, 0.15) is 0 Å². The van der Waals surface area contributed by atoms with Gasteiger partial charge in [0, 0.05) is 18.7 Å². The van der Waals surface area contributed by atoms with Gasteiger partial charge in [-0.1, -0.05) is 6.07 Å². The zero-order valence-electron chi connectivity index (χ0n) is 9.51. The number of carboxylic acid groups (broad SMARTS) is 1. The second-order valence-electron chi connectivity index (χ2n) is 3.41. The van der Waals surface area contributed by atoms with Gasteiger partial charge in [-0.2, -0.15) is 0 Å². The number of carbonyl (C=O) groups excluding carboxylic acids is 1. The molecule has 0 saturated heterocycles. The van der Waals surface area contributed by atoms with Crippen molar-refractivity contribution < 1.29 is 14.8 Å². The first kappa shape index (κ1) is 13.0. The average Bonchev–Trinajstić information content (AvgIpc) is 2.75. The fourth-order valence-corrected chi connectivity index (χ4v) is 2.10. The minimum Gasteiger partial charge on any atom is -0.545 e. The summed E-state index contributed by atoms with van der Waals surface area (Å²) in [6, 6.07) is 3.50. The number of nitrogens with zero attached hydrogens (tertiary/aromatic N) is 5. The average molecular weight is 280 g/mol. The number of carboxylic acids is 1. The van der Waals surface area contributed by atoms with Gasteiger partial charge in [0.2, 0.25) is 5.16 Å². The molecule has 2 aromatic rings. The summed E-state index contributed by atoms with van der Waals surface area (Å²) < 4.78 is 1.35. The number of aromatic carboxylic acids is 1. The Hall–Kier alpha value is -2.49. The van der Waals surface area contributed by atoms with E-state index in [1.54, 1.807) is 7.05 Å². The minimum atomic E-state index is -1.47.